The van der Waals surface area contributed by atoms with Crippen molar-refractivity contribution in [1.82, 2.24) is 9.78 Å². The Labute approximate surface area is 271 Å². The van der Waals surface area contributed by atoms with Crippen molar-refractivity contribution in [3.05, 3.63) is 93.1 Å². The molecule has 240 valence electrons. The van der Waals surface area contributed by atoms with Gasteiger partial charge >= 0.3 is 11.9 Å². The maximum atomic E-state index is 12.6. The number of aromatic nitrogens is 2. The fourth-order valence-corrected chi connectivity index (χ4v) is 5.62. The van der Waals surface area contributed by atoms with Crippen LogP contribution in [0.4, 0.5) is 0 Å². The van der Waals surface area contributed by atoms with E-state index in [1.54, 1.807) is 37.6 Å². The average molecular weight is 647 g/mol. The molecule has 0 amide bonds. The van der Waals surface area contributed by atoms with Gasteiger partial charge in [0.2, 0.25) is 0 Å². The number of aromatic carboxylic acids is 1. The van der Waals surface area contributed by atoms with Gasteiger partial charge in [0.1, 0.15) is 29.6 Å². The summed E-state index contributed by atoms with van der Waals surface area (Å²) in [6.45, 7) is 3.15. The van der Waals surface area contributed by atoms with E-state index in [1.165, 1.54) is 19.2 Å². The lowest BCUT2D eigenvalue weighted by atomic mass is 9.98. The van der Waals surface area contributed by atoms with Gasteiger partial charge in [-0.05, 0) is 55.0 Å². The monoisotopic (exact) mass is 646 g/mol. The molecule has 3 aromatic carbocycles. The third-order valence-electron chi connectivity index (χ3n) is 7.79. The Hall–Kier alpha value is -4.96. The number of rotatable bonds is 14. The highest BCUT2D eigenvalue weighted by Crippen LogP contribution is 2.38. The van der Waals surface area contributed by atoms with Crippen molar-refractivity contribution in [2.24, 2.45) is 0 Å². The molecule has 2 heterocycles. The highest BCUT2D eigenvalue weighted by atomic mass is 35.5. The smallest absolute Gasteiger partial charge is 0.336 e. The van der Waals surface area contributed by atoms with Crippen LogP contribution < -0.4 is 18.9 Å². The summed E-state index contributed by atoms with van der Waals surface area (Å²) in [6.07, 6.45) is 5.89. The van der Waals surface area contributed by atoms with Gasteiger partial charge in [-0.1, -0.05) is 24.9 Å². The van der Waals surface area contributed by atoms with Gasteiger partial charge in [-0.2, -0.15) is 5.10 Å². The Morgan fingerprint density at radius 1 is 1.04 bits per heavy atom. The number of ether oxygens (including phenoxy) is 4. The molecule has 0 fully saturated rings. The highest BCUT2D eigenvalue weighted by Gasteiger charge is 2.22. The Morgan fingerprint density at radius 2 is 1.87 bits per heavy atom. The molecule has 0 radical (unpaired) electrons. The van der Waals surface area contributed by atoms with Crippen LogP contribution in [0.15, 0.2) is 60.3 Å². The minimum atomic E-state index is -1.10. The predicted molar refractivity (Wildman–Crippen MR) is 173 cm³/mol. The van der Waals surface area contributed by atoms with Crippen LogP contribution in [0.5, 0.6) is 23.0 Å². The van der Waals surface area contributed by atoms with E-state index in [4.69, 9.17) is 30.5 Å². The Kier molecular flexibility index (Phi) is 10.2. The molecule has 5 rings (SSSR count). The first-order valence-electron chi connectivity index (χ1n) is 14.9. The van der Waals surface area contributed by atoms with Gasteiger partial charge in [0.25, 0.3) is 0 Å². The first-order valence-corrected chi connectivity index (χ1v) is 15.2. The summed E-state index contributed by atoms with van der Waals surface area (Å²) in [5.74, 6) is 0.0836. The number of aliphatic carboxylic acids is 1. The second-order valence-corrected chi connectivity index (χ2v) is 11.2. The molecule has 0 aliphatic carbocycles. The third-order valence-corrected chi connectivity index (χ3v) is 8.03. The number of fused-ring (bicyclic) bond motifs is 1. The summed E-state index contributed by atoms with van der Waals surface area (Å²) in [5.41, 5.74) is 4.19. The van der Waals surface area contributed by atoms with Gasteiger partial charge in [-0.3, -0.25) is 4.68 Å². The summed E-state index contributed by atoms with van der Waals surface area (Å²) >= 11 is 6.18. The van der Waals surface area contributed by atoms with Gasteiger partial charge in [0, 0.05) is 63.9 Å². The Balaban J connectivity index is 1.58. The first kappa shape index (κ1) is 32.4. The van der Waals surface area contributed by atoms with Crippen molar-refractivity contribution in [3.63, 3.8) is 0 Å². The van der Waals surface area contributed by atoms with Crippen molar-refractivity contribution < 1.29 is 38.7 Å². The molecular formula is C35H35ClN2O8. The molecule has 11 heteroatoms. The third kappa shape index (κ3) is 7.13. The minimum absolute atomic E-state index is 0.0731. The zero-order valence-electron chi connectivity index (χ0n) is 25.8. The lowest BCUT2D eigenvalue weighted by Gasteiger charge is -2.17. The van der Waals surface area contributed by atoms with Crippen LogP contribution in [-0.4, -0.2) is 52.8 Å². The van der Waals surface area contributed by atoms with Gasteiger partial charge in [-0.15, -0.1) is 0 Å². The number of unbranched alkanes of at least 4 members (excludes halogenated alkanes) is 1. The second kappa shape index (κ2) is 14.4. The number of halogens is 1. The number of nitrogens with zero attached hydrogens (tertiary/aromatic N) is 2. The topological polar surface area (TPSA) is 129 Å². The number of methoxy groups -OCH3 is 2. The number of carboxylic acids is 2. The molecule has 1 aliphatic heterocycles. The van der Waals surface area contributed by atoms with Crippen LogP contribution in [0.25, 0.3) is 17.3 Å². The SMILES string of the molecule is CCCCn1ncc(C=C(Cc2cc3c(cc2OC)CCO3)C(=O)O)c1-c1ccc(OC)cc1OCc1cc(Cl)ccc1C(=O)O. The van der Waals surface area contributed by atoms with E-state index in [2.05, 4.69) is 12.0 Å². The van der Waals surface area contributed by atoms with E-state index in [1.807, 2.05) is 22.9 Å². The Morgan fingerprint density at radius 3 is 2.59 bits per heavy atom. The van der Waals surface area contributed by atoms with Crippen LogP contribution in [0, 0.1) is 0 Å². The van der Waals surface area contributed by atoms with E-state index in [0.717, 1.165) is 30.6 Å². The standard InChI is InChI=1S/C35H35ClN2O8/c1-4-5-11-38-33(29-9-7-27(43-2)18-32(29)46-20-25-15-26(36)6-8-28(25)35(41)42)24(19-37-38)14-23(34(39)40)13-22-17-31-21(10-12-45-31)16-30(22)44-3/h6-9,14-19H,4-5,10-13,20H2,1-3H3,(H,39,40)(H,41,42). The zero-order chi connectivity index (χ0) is 32.8. The van der Waals surface area contributed by atoms with Gasteiger partial charge in [-0.25, -0.2) is 9.59 Å². The predicted octanol–water partition coefficient (Wildman–Crippen LogP) is 6.94. The summed E-state index contributed by atoms with van der Waals surface area (Å²) in [7, 11) is 3.10. The van der Waals surface area contributed by atoms with E-state index >= 15 is 0 Å². The van der Waals surface area contributed by atoms with Crippen LogP contribution in [0.3, 0.4) is 0 Å². The van der Waals surface area contributed by atoms with Crippen molar-refractivity contribution in [2.75, 3.05) is 20.8 Å². The summed E-state index contributed by atoms with van der Waals surface area (Å²) in [4.78, 5) is 24.5. The van der Waals surface area contributed by atoms with Crippen LogP contribution in [0.2, 0.25) is 5.02 Å². The minimum Gasteiger partial charge on any atom is -0.497 e. The molecule has 2 N–H and O–H groups in total. The number of hydrogen-bond donors (Lipinski definition) is 2. The quantitative estimate of drug-likeness (QED) is 0.140. The lowest BCUT2D eigenvalue weighted by molar-refractivity contribution is -0.132. The Bertz CT molecular complexity index is 1800. The molecule has 1 aliphatic rings. The largest absolute Gasteiger partial charge is 0.497 e. The first-order chi connectivity index (χ1) is 22.2. The molecule has 0 saturated carbocycles. The molecule has 10 nitrogen and oxygen atoms in total. The molecule has 0 bridgehead atoms. The van der Waals surface area contributed by atoms with E-state index < -0.39 is 11.9 Å². The maximum Gasteiger partial charge on any atom is 0.336 e. The summed E-state index contributed by atoms with van der Waals surface area (Å²) in [6, 6.07) is 13.6. The van der Waals surface area contributed by atoms with E-state index in [-0.39, 0.29) is 24.2 Å². The van der Waals surface area contributed by atoms with E-state index in [0.29, 0.717) is 63.4 Å². The highest BCUT2D eigenvalue weighted by molar-refractivity contribution is 6.30. The van der Waals surface area contributed by atoms with Gasteiger partial charge < -0.3 is 29.2 Å². The number of carboxylic acid groups (broad SMARTS) is 2. The van der Waals surface area contributed by atoms with Gasteiger partial charge in [0.05, 0.1) is 38.3 Å². The molecule has 4 aromatic rings. The molecule has 1 aromatic heterocycles. The molecular weight excluding hydrogens is 612 g/mol. The number of hydrogen-bond acceptors (Lipinski definition) is 7. The number of benzene rings is 3. The second-order valence-electron chi connectivity index (χ2n) is 10.8. The zero-order valence-corrected chi connectivity index (χ0v) is 26.6. The lowest BCUT2D eigenvalue weighted by Crippen LogP contribution is -2.08. The maximum absolute atomic E-state index is 12.6. The van der Waals surface area contributed by atoms with Crippen LogP contribution in [0.1, 0.15) is 52.4 Å². The van der Waals surface area contributed by atoms with Crippen LogP contribution in [-0.2, 0) is 30.8 Å². The van der Waals surface area contributed by atoms with Crippen LogP contribution >= 0.6 is 11.6 Å². The molecule has 0 unspecified atom stereocenters. The number of aryl methyl sites for hydroxylation is 1. The molecule has 0 spiro atoms. The van der Waals surface area contributed by atoms with Crippen molar-refractivity contribution in [3.8, 4) is 34.3 Å². The number of carbonyl (C=O) groups is 2. The fraction of sp³-hybridized carbons (Fsp3) is 0.286. The summed E-state index contributed by atoms with van der Waals surface area (Å²) < 4.78 is 24.9. The van der Waals surface area contributed by atoms with E-state index in [9.17, 15) is 19.8 Å². The molecule has 0 atom stereocenters. The van der Waals surface area contributed by atoms with Crippen molar-refractivity contribution >= 4 is 29.6 Å². The summed E-state index contributed by atoms with van der Waals surface area (Å²) in [5, 5.41) is 25.0. The molecule has 46 heavy (non-hydrogen) atoms. The van der Waals surface area contributed by atoms with Crippen molar-refractivity contribution in [2.45, 2.75) is 45.8 Å². The van der Waals surface area contributed by atoms with Crippen molar-refractivity contribution in [1.29, 1.82) is 0 Å². The molecule has 0 saturated heterocycles. The normalized spacial score (nSPS) is 12.4. The average Bonchev–Trinajstić information content (AvgIpc) is 3.67. The fourth-order valence-electron chi connectivity index (χ4n) is 5.42. The van der Waals surface area contributed by atoms with Gasteiger partial charge in [0.15, 0.2) is 0 Å².